The van der Waals surface area contributed by atoms with Gasteiger partial charge in [0.15, 0.2) is 6.61 Å². The third-order valence-electron chi connectivity index (χ3n) is 6.13. The Hall–Kier alpha value is -4.66. The zero-order valence-corrected chi connectivity index (χ0v) is 20.5. The standard InChI is InChI=1S/C28H26N4O5/c1-18-3-9-22(10-4-18)32-16-20(15-26(32)33)27(34)29-21-7-13-24(14-8-21)36-17-25-30-31-28(37-25)19-5-11-23(35-2)12-6-19/h3-14,20H,15-17H2,1-2H3,(H,29,34)/t20-/m0/s1. The molecule has 0 bridgehead atoms. The van der Waals surface area contributed by atoms with Gasteiger partial charge in [-0.25, -0.2) is 0 Å². The van der Waals surface area contributed by atoms with Gasteiger partial charge in [0.05, 0.1) is 13.0 Å². The Morgan fingerprint density at radius 3 is 2.41 bits per heavy atom. The number of amides is 2. The Kier molecular flexibility index (Phi) is 6.85. The average molecular weight is 499 g/mol. The van der Waals surface area contributed by atoms with Gasteiger partial charge < -0.3 is 24.1 Å². The summed E-state index contributed by atoms with van der Waals surface area (Å²) in [4.78, 5) is 26.9. The molecule has 1 aromatic heterocycles. The van der Waals surface area contributed by atoms with Crippen LogP contribution in [0.2, 0.25) is 0 Å². The van der Waals surface area contributed by atoms with Gasteiger partial charge in [-0.2, -0.15) is 0 Å². The second-order valence-electron chi connectivity index (χ2n) is 8.77. The van der Waals surface area contributed by atoms with Gasteiger partial charge in [0.1, 0.15) is 11.5 Å². The van der Waals surface area contributed by atoms with Crippen LogP contribution in [0, 0.1) is 12.8 Å². The highest BCUT2D eigenvalue weighted by Gasteiger charge is 2.35. The van der Waals surface area contributed by atoms with Crippen LogP contribution in [0.15, 0.2) is 77.2 Å². The van der Waals surface area contributed by atoms with Gasteiger partial charge in [0.2, 0.25) is 17.7 Å². The van der Waals surface area contributed by atoms with Gasteiger partial charge >= 0.3 is 0 Å². The first-order valence-corrected chi connectivity index (χ1v) is 11.9. The molecule has 0 spiro atoms. The Labute approximate surface area is 214 Å². The minimum atomic E-state index is -0.415. The molecule has 9 nitrogen and oxygen atoms in total. The fraction of sp³-hybridized carbons (Fsp3) is 0.214. The summed E-state index contributed by atoms with van der Waals surface area (Å²) in [7, 11) is 1.61. The van der Waals surface area contributed by atoms with E-state index in [-0.39, 0.29) is 24.8 Å². The van der Waals surface area contributed by atoms with Crippen LogP contribution in [-0.4, -0.2) is 35.7 Å². The zero-order valence-electron chi connectivity index (χ0n) is 20.5. The maximum absolute atomic E-state index is 12.8. The highest BCUT2D eigenvalue weighted by atomic mass is 16.5. The van der Waals surface area contributed by atoms with Crippen molar-refractivity contribution in [3.8, 4) is 23.0 Å². The second-order valence-corrected chi connectivity index (χ2v) is 8.77. The number of hydrogen-bond donors (Lipinski definition) is 1. The van der Waals surface area contributed by atoms with E-state index < -0.39 is 5.92 Å². The minimum absolute atomic E-state index is 0.0519. The summed E-state index contributed by atoms with van der Waals surface area (Å²) < 4.78 is 16.6. The van der Waals surface area contributed by atoms with E-state index in [0.717, 1.165) is 22.6 Å². The molecule has 2 heterocycles. The van der Waals surface area contributed by atoms with Crippen LogP contribution >= 0.6 is 0 Å². The lowest BCUT2D eigenvalue weighted by molar-refractivity contribution is -0.122. The molecule has 0 radical (unpaired) electrons. The molecule has 1 atom stereocenters. The van der Waals surface area contributed by atoms with Crippen LogP contribution in [0.1, 0.15) is 17.9 Å². The first-order valence-electron chi connectivity index (χ1n) is 11.9. The van der Waals surface area contributed by atoms with Crippen LogP contribution in [0.25, 0.3) is 11.5 Å². The van der Waals surface area contributed by atoms with E-state index in [0.29, 0.717) is 29.8 Å². The summed E-state index contributed by atoms with van der Waals surface area (Å²) in [5, 5.41) is 11.0. The van der Waals surface area contributed by atoms with Gasteiger partial charge in [0, 0.05) is 29.9 Å². The third-order valence-corrected chi connectivity index (χ3v) is 6.13. The number of nitrogens with zero attached hydrogens (tertiary/aromatic N) is 3. The number of carbonyl (C=O) groups excluding carboxylic acids is 2. The molecule has 3 aromatic carbocycles. The predicted octanol–water partition coefficient (Wildman–Crippen LogP) is 4.62. The molecule has 2 amide bonds. The molecule has 5 rings (SSSR count). The minimum Gasteiger partial charge on any atom is -0.497 e. The Morgan fingerprint density at radius 1 is 1.00 bits per heavy atom. The van der Waals surface area contributed by atoms with Crippen LogP contribution in [0.3, 0.4) is 0 Å². The molecular formula is C28H26N4O5. The maximum Gasteiger partial charge on any atom is 0.254 e. The fourth-order valence-electron chi connectivity index (χ4n) is 4.04. The number of nitrogens with one attached hydrogen (secondary N) is 1. The number of methoxy groups -OCH3 is 1. The monoisotopic (exact) mass is 498 g/mol. The van der Waals surface area contributed by atoms with Crippen LogP contribution in [0.4, 0.5) is 11.4 Å². The lowest BCUT2D eigenvalue weighted by Crippen LogP contribution is -2.28. The van der Waals surface area contributed by atoms with Crippen molar-refractivity contribution in [2.24, 2.45) is 5.92 Å². The lowest BCUT2D eigenvalue weighted by Gasteiger charge is -2.17. The fourth-order valence-corrected chi connectivity index (χ4v) is 4.04. The summed E-state index contributed by atoms with van der Waals surface area (Å²) in [6.07, 6.45) is 0.184. The van der Waals surface area contributed by atoms with Crippen molar-refractivity contribution in [2.45, 2.75) is 20.0 Å². The summed E-state index contributed by atoms with van der Waals surface area (Å²) in [6.45, 7) is 2.46. The molecule has 37 heavy (non-hydrogen) atoms. The van der Waals surface area contributed by atoms with Crippen molar-refractivity contribution in [1.82, 2.24) is 10.2 Å². The molecule has 1 aliphatic rings. The maximum atomic E-state index is 12.8. The number of benzene rings is 3. The third kappa shape index (κ3) is 5.61. The normalized spacial score (nSPS) is 15.0. The molecule has 4 aromatic rings. The van der Waals surface area contributed by atoms with E-state index in [1.807, 2.05) is 55.5 Å². The molecule has 0 aliphatic carbocycles. The van der Waals surface area contributed by atoms with Gasteiger partial charge in [-0.05, 0) is 67.6 Å². The van der Waals surface area contributed by atoms with E-state index in [2.05, 4.69) is 15.5 Å². The topological polar surface area (TPSA) is 107 Å². The van der Waals surface area contributed by atoms with Crippen molar-refractivity contribution in [1.29, 1.82) is 0 Å². The lowest BCUT2D eigenvalue weighted by atomic mass is 10.1. The number of aromatic nitrogens is 2. The number of carbonyl (C=O) groups is 2. The summed E-state index contributed by atoms with van der Waals surface area (Å²) in [6, 6.07) is 22.0. The van der Waals surface area contributed by atoms with Crippen LogP contribution in [-0.2, 0) is 16.2 Å². The van der Waals surface area contributed by atoms with Crippen molar-refractivity contribution in [3.63, 3.8) is 0 Å². The van der Waals surface area contributed by atoms with Gasteiger partial charge in [0.25, 0.3) is 5.89 Å². The van der Waals surface area contributed by atoms with Crippen molar-refractivity contribution in [2.75, 3.05) is 23.9 Å². The summed E-state index contributed by atoms with van der Waals surface area (Å²) in [5.41, 5.74) is 3.33. The van der Waals surface area contributed by atoms with Gasteiger partial charge in [-0.1, -0.05) is 17.7 Å². The first kappa shape index (κ1) is 24.1. The largest absolute Gasteiger partial charge is 0.497 e. The summed E-state index contributed by atoms with van der Waals surface area (Å²) >= 11 is 0. The smallest absolute Gasteiger partial charge is 0.254 e. The molecule has 0 saturated carbocycles. The molecule has 1 fully saturated rings. The van der Waals surface area contributed by atoms with E-state index >= 15 is 0 Å². The quantitative estimate of drug-likeness (QED) is 0.378. The first-order chi connectivity index (χ1) is 18.0. The predicted molar refractivity (Wildman–Crippen MR) is 137 cm³/mol. The van der Waals surface area contributed by atoms with Crippen molar-refractivity contribution >= 4 is 23.2 Å². The Balaban J connectivity index is 1.13. The Bertz CT molecular complexity index is 1380. The summed E-state index contributed by atoms with van der Waals surface area (Å²) in [5.74, 6) is 1.41. The van der Waals surface area contributed by atoms with Crippen molar-refractivity contribution < 1.29 is 23.5 Å². The SMILES string of the molecule is COc1ccc(-c2nnc(COc3ccc(NC(=O)[C@H]4CC(=O)N(c5ccc(C)cc5)C4)cc3)o2)cc1. The number of hydrogen-bond acceptors (Lipinski definition) is 7. The molecule has 1 saturated heterocycles. The van der Waals surface area contributed by atoms with E-state index in [4.69, 9.17) is 13.9 Å². The molecule has 9 heteroatoms. The van der Waals surface area contributed by atoms with E-state index in [1.54, 1.807) is 36.3 Å². The van der Waals surface area contributed by atoms with Gasteiger partial charge in [-0.3, -0.25) is 9.59 Å². The van der Waals surface area contributed by atoms with Crippen LogP contribution < -0.4 is 19.7 Å². The number of aryl methyl sites for hydroxylation is 1. The zero-order chi connectivity index (χ0) is 25.8. The average Bonchev–Trinajstić information content (AvgIpc) is 3.56. The highest BCUT2D eigenvalue weighted by Crippen LogP contribution is 2.27. The molecule has 0 unspecified atom stereocenters. The van der Waals surface area contributed by atoms with E-state index in [1.165, 1.54) is 0 Å². The van der Waals surface area contributed by atoms with Crippen molar-refractivity contribution in [3.05, 3.63) is 84.3 Å². The van der Waals surface area contributed by atoms with Crippen LogP contribution in [0.5, 0.6) is 11.5 Å². The van der Waals surface area contributed by atoms with Gasteiger partial charge in [-0.15, -0.1) is 10.2 Å². The van der Waals surface area contributed by atoms with E-state index in [9.17, 15) is 9.59 Å². The number of rotatable bonds is 8. The number of ether oxygens (including phenoxy) is 2. The molecule has 188 valence electrons. The number of anilines is 2. The molecule has 1 N–H and O–H groups in total. The Morgan fingerprint density at radius 2 is 1.70 bits per heavy atom. The highest BCUT2D eigenvalue weighted by molar-refractivity contribution is 6.03. The molecule has 1 aliphatic heterocycles. The molecular weight excluding hydrogens is 472 g/mol. The second kappa shape index (κ2) is 10.5.